The first-order valence-corrected chi connectivity index (χ1v) is 10.1. The highest BCUT2D eigenvalue weighted by atomic mass is 32.2. The Hall–Kier alpha value is -2.50. The molecular weight excluding hydrogens is 383 g/mol. The molecule has 2 aromatic heterocycles. The molecule has 0 aliphatic carbocycles. The summed E-state index contributed by atoms with van der Waals surface area (Å²) < 4.78 is 14.2. The van der Waals surface area contributed by atoms with Gasteiger partial charge in [0.1, 0.15) is 22.0 Å². The molecule has 0 unspecified atom stereocenters. The normalized spacial score (nSPS) is 10.7. The molecule has 0 N–H and O–H groups in total. The Balaban J connectivity index is 1.83. The van der Waals surface area contributed by atoms with Crippen LogP contribution in [0.4, 0.5) is 10.1 Å². The molecule has 0 aliphatic rings. The van der Waals surface area contributed by atoms with E-state index in [1.807, 2.05) is 19.9 Å². The number of halogens is 1. The Morgan fingerprint density at radius 1 is 1.33 bits per heavy atom. The van der Waals surface area contributed by atoms with Gasteiger partial charge in [0.05, 0.1) is 23.9 Å². The minimum atomic E-state index is -0.484. The molecule has 3 rings (SSSR count). The summed E-state index contributed by atoms with van der Waals surface area (Å²) in [4.78, 5) is 24.8. The van der Waals surface area contributed by atoms with Crippen molar-refractivity contribution in [3.05, 3.63) is 46.9 Å². The number of aryl methyl sites for hydroxylation is 2. The highest BCUT2D eigenvalue weighted by molar-refractivity contribution is 8.00. The molecule has 0 bridgehead atoms. The number of hydrogen-bond donors (Lipinski definition) is 0. The van der Waals surface area contributed by atoms with E-state index in [1.54, 1.807) is 29.5 Å². The highest BCUT2D eigenvalue weighted by Gasteiger charge is 2.20. The number of amides is 1. The monoisotopic (exact) mass is 400 g/mol. The van der Waals surface area contributed by atoms with Crippen molar-refractivity contribution in [1.82, 2.24) is 9.97 Å². The van der Waals surface area contributed by atoms with Gasteiger partial charge in [-0.3, -0.25) is 4.79 Å². The van der Waals surface area contributed by atoms with E-state index >= 15 is 0 Å². The minimum absolute atomic E-state index is 0.0974. The number of thiophene rings is 1. The van der Waals surface area contributed by atoms with E-state index in [1.165, 1.54) is 33.9 Å². The number of carbonyl (C=O) groups excluding carboxylic acids is 1. The number of carbonyl (C=O) groups is 1. The Kier molecular flexibility index (Phi) is 6.04. The van der Waals surface area contributed by atoms with Crippen molar-refractivity contribution >= 4 is 44.9 Å². The second-order valence-electron chi connectivity index (χ2n) is 5.84. The first-order valence-electron chi connectivity index (χ1n) is 8.28. The van der Waals surface area contributed by atoms with Crippen LogP contribution in [-0.2, 0) is 4.79 Å². The highest BCUT2D eigenvalue weighted by Crippen LogP contribution is 2.34. The summed E-state index contributed by atoms with van der Waals surface area (Å²) in [5.41, 5.74) is 1.30. The molecule has 0 saturated carbocycles. The quantitative estimate of drug-likeness (QED) is 0.450. The van der Waals surface area contributed by atoms with Gasteiger partial charge in [0, 0.05) is 16.8 Å². The minimum Gasteiger partial charge on any atom is -0.308 e. The van der Waals surface area contributed by atoms with Gasteiger partial charge in [0.15, 0.2) is 0 Å². The molecule has 1 aromatic carbocycles. The SMILES string of the molecule is Cc1sc2ncnc(SCC(=O)N(CCC#N)c3ccccc3F)c2c1C. The Labute approximate surface area is 164 Å². The van der Waals surface area contributed by atoms with Crippen LogP contribution in [0.5, 0.6) is 0 Å². The predicted octanol–water partition coefficient (Wildman–Crippen LogP) is 4.49. The molecule has 138 valence electrons. The number of aromatic nitrogens is 2. The molecule has 27 heavy (non-hydrogen) atoms. The second-order valence-corrected chi connectivity index (χ2v) is 8.00. The lowest BCUT2D eigenvalue weighted by Crippen LogP contribution is -2.34. The van der Waals surface area contributed by atoms with Crippen LogP contribution in [0.3, 0.4) is 0 Å². The number of nitrogens with zero attached hydrogens (tertiary/aromatic N) is 4. The summed E-state index contributed by atoms with van der Waals surface area (Å²) in [6.07, 6.45) is 1.63. The molecule has 0 fully saturated rings. The van der Waals surface area contributed by atoms with Crippen molar-refractivity contribution < 1.29 is 9.18 Å². The molecule has 1 amide bonds. The number of anilines is 1. The zero-order valence-electron chi connectivity index (χ0n) is 14.9. The van der Waals surface area contributed by atoms with E-state index in [-0.39, 0.29) is 30.3 Å². The largest absolute Gasteiger partial charge is 0.308 e. The molecule has 0 saturated heterocycles. The van der Waals surface area contributed by atoms with Crippen LogP contribution < -0.4 is 4.90 Å². The standard InChI is InChI=1S/C19H17FN4OS2/c1-12-13(2)27-19-17(12)18(22-11-23-19)26-10-16(25)24(9-5-8-21)15-7-4-3-6-14(15)20/h3-4,6-7,11H,5,9-10H2,1-2H3. The van der Waals surface area contributed by atoms with Crippen molar-refractivity contribution in [2.45, 2.75) is 25.3 Å². The third-order valence-corrected chi connectivity index (χ3v) is 6.24. The zero-order chi connectivity index (χ0) is 19.4. The number of nitriles is 1. The molecule has 3 aromatic rings. The van der Waals surface area contributed by atoms with Crippen LogP contribution in [0.1, 0.15) is 16.9 Å². The van der Waals surface area contributed by atoms with E-state index in [0.29, 0.717) is 0 Å². The van der Waals surface area contributed by atoms with Crippen molar-refractivity contribution in [3.63, 3.8) is 0 Å². The predicted molar refractivity (Wildman–Crippen MR) is 107 cm³/mol. The average Bonchev–Trinajstić information content (AvgIpc) is 2.96. The summed E-state index contributed by atoms with van der Waals surface area (Å²) in [6, 6.07) is 8.10. The number of para-hydroxylation sites is 1. The fourth-order valence-electron chi connectivity index (χ4n) is 2.68. The summed E-state index contributed by atoms with van der Waals surface area (Å²) in [5, 5.41) is 10.6. The third-order valence-electron chi connectivity index (χ3n) is 4.15. The molecule has 5 nitrogen and oxygen atoms in total. The number of rotatable bonds is 6. The van der Waals surface area contributed by atoms with Gasteiger partial charge in [-0.1, -0.05) is 23.9 Å². The average molecular weight is 401 g/mol. The number of hydrogen-bond acceptors (Lipinski definition) is 6. The van der Waals surface area contributed by atoms with Gasteiger partial charge in [-0.15, -0.1) is 11.3 Å². The molecular formula is C19H17FN4OS2. The maximum absolute atomic E-state index is 14.2. The summed E-state index contributed by atoms with van der Waals surface area (Å²) >= 11 is 2.90. The van der Waals surface area contributed by atoms with Gasteiger partial charge in [-0.2, -0.15) is 5.26 Å². The molecule has 0 spiro atoms. The smallest absolute Gasteiger partial charge is 0.237 e. The van der Waals surface area contributed by atoms with E-state index < -0.39 is 5.82 Å². The molecule has 0 radical (unpaired) electrons. The third kappa shape index (κ3) is 4.10. The van der Waals surface area contributed by atoms with Crippen molar-refractivity contribution in [1.29, 1.82) is 5.26 Å². The fourth-order valence-corrected chi connectivity index (χ4v) is 4.67. The molecule has 2 heterocycles. The van der Waals surface area contributed by atoms with E-state index in [2.05, 4.69) is 9.97 Å². The molecule has 0 aliphatic heterocycles. The molecule has 8 heteroatoms. The van der Waals surface area contributed by atoms with Crippen LogP contribution in [-0.4, -0.2) is 28.2 Å². The van der Waals surface area contributed by atoms with Crippen LogP contribution in [0, 0.1) is 31.0 Å². The lowest BCUT2D eigenvalue weighted by molar-refractivity contribution is -0.116. The van der Waals surface area contributed by atoms with Crippen LogP contribution in [0.15, 0.2) is 35.6 Å². The molecule has 0 atom stereocenters. The van der Waals surface area contributed by atoms with Crippen LogP contribution >= 0.6 is 23.1 Å². The first kappa shape index (κ1) is 19.3. The fraction of sp³-hybridized carbons (Fsp3) is 0.263. The Morgan fingerprint density at radius 3 is 2.85 bits per heavy atom. The van der Waals surface area contributed by atoms with Crippen LogP contribution in [0.2, 0.25) is 0 Å². The lowest BCUT2D eigenvalue weighted by Gasteiger charge is -2.22. The summed E-state index contributed by atoms with van der Waals surface area (Å²) in [5.74, 6) is -0.653. The zero-order valence-corrected chi connectivity index (χ0v) is 16.5. The van der Waals surface area contributed by atoms with Crippen molar-refractivity contribution in [2.24, 2.45) is 0 Å². The van der Waals surface area contributed by atoms with Gasteiger partial charge in [0.25, 0.3) is 0 Å². The number of benzene rings is 1. The van der Waals surface area contributed by atoms with Gasteiger partial charge >= 0.3 is 0 Å². The lowest BCUT2D eigenvalue weighted by atomic mass is 10.2. The second kappa shape index (κ2) is 8.46. The van der Waals surface area contributed by atoms with E-state index in [0.717, 1.165) is 20.8 Å². The van der Waals surface area contributed by atoms with Gasteiger partial charge < -0.3 is 4.90 Å². The van der Waals surface area contributed by atoms with E-state index in [4.69, 9.17) is 5.26 Å². The first-order chi connectivity index (χ1) is 13.0. The maximum Gasteiger partial charge on any atom is 0.237 e. The Morgan fingerprint density at radius 2 is 2.11 bits per heavy atom. The Bertz CT molecular complexity index is 1030. The summed E-state index contributed by atoms with van der Waals surface area (Å²) in [7, 11) is 0. The van der Waals surface area contributed by atoms with Gasteiger partial charge in [-0.25, -0.2) is 14.4 Å². The summed E-state index contributed by atoms with van der Waals surface area (Å²) in [6.45, 7) is 4.19. The van der Waals surface area contributed by atoms with Crippen molar-refractivity contribution in [2.75, 3.05) is 17.2 Å². The van der Waals surface area contributed by atoms with Crippen LogP contribution in [0.25, 0.3) is 10.2 Å². The number of thioether (sulfide) groups is 1. The van der Waals surface area contributed by atoms with Crippen molar-refractivity contribution in [3.8, 4) is 6.07 Å². The van der Waals surface area contributed by atoms with E-state index in [9.17, 15) is 9.18 Å². The van der Waals surface area contributed by atoms with Gasteiger partial charge in [0.2, 0.25) is 5.91 Å². The maximum atomic E-state index is 14.2. The number of fused-ring (bicyclic) bond motifs is 1. The van der Waals surface area contributed by atoms with Gasteiger partial charge in [-0.05, 0) is 31.5 Å². The topological polar surface area (TPSA) is 69.9 Å².